The van der Waals surface area contributed by atoms with Crippen LogP contribution in [0.3, 0.4) is 0 Å². The highest BCUT2D eigenvalue weighted by Crippen LogP contribution is 2.25. The van der Waals surface area contributed by atoms with Crippen LogP contribution in [0.1, 0.15) is 11.1 Å². The summed E-state index contributed by atoms with van der Waals surface area (Å²) in [6.45, 7) is 1.69. The van der Waals surface area contributed by atoms with Gasteiger partial charge in [0.25, 0.3) is 0 Å². The molecule has 0 saturated carbocycles. The van der Waals surface area contributed by atoms with Crippen molar-refractivity contribution >= 4 is 11.6 Å². The predicted octanol–water partition coefficient (Wildman–Crippen LogP) is 2.12. The lowest BCUT2D eigenvalue weighted by Crippen LogP contribution is -2.23. The standard InChI is InChI=1S/C9H9ClFN/c10-9-7-3-4-12-5-6(7)1-2-8(9)11/h1-2,12H,3-5H2. The molecule has 0 atom stereocenters. The minimum absolute atomic E-state index is 0.300. The first kappa shape index (κ1) is 8.02. The zero-order chi connectivity index (χ0) is 8.55. The summed E-state index contributed by atoms with van der Waals surface area (Å²) in [7, 11) is 0. The predicted molar refractivity (Wildman–Crippen MR) is 46.8 cm³/mol. The van der Waals surface area contributed by atoms with Crippen molar-refractivity contribution in [1.82, 2.24) is 5.32 Å². The number of hydrogen-bond acceptors (Lipinski definition) is 1. The second-order valence-corrected chi connectivity index (χ2v) is 3.30. The van der Waals surface area contributed by atoms with E-state index in [0.29, 0.717) is 5.02 Å². The first-order valence-corrected chi connectivity index (χ1v) is 4.33. The molecule has 1 aromatic carbocycles. The van der Waals surface area contributed by atoms with E-state index < -0.39 is 0 Å². The lowest BCUT2D eigenvalue weighted by Gasteiger charge is -2.18. The summed E-state index contributed by atoms with van der Waals surface area (Å²) < 4.78 is 13.0. The fraction of sp³-hybridized carbons (Fsp3) is 0.333. The van der Waals surface area contributed by atoms with Crippen molar-refractivity contribution < 1.29 is 4.39 Å². The Labute approximate surface area is 75.5 Å². The van der Waals surface area contributed by atoms with Crippen molar-refractivity contribution in [3.05, 3.63) is 34.1 Å². The van der Waals surface area contributed by atoms with E-state index in [1.54, 1.807) is 6.07 Å². The molecule has 1 N–H and O–H groups in total. The number of fused-ring (bicyclic) bond motifs is 1. The normalized spacial score (nSPS) is 15.8. The first-order valence-electron chi connectivity index (χ1n) is 3.95. The summed E-state index contributed by atoms with van der Waals surface area (Å²) in [6, 6.07) is 3.22. The fourth-order valence-corrected chi connectivity index (χ4v) is 1.78. The number of halogens is 2. The van der Waals surface area contributed by atoms with Crippen molar-refractivity contribution in [2.24, 2.45) is 0 Å². The molecule has 0 amide bonds. The Morgan fingerprint density at radius 2 is 2.25 bits per heavy atom. The van der Waals surface area contributed by atoms with Crippen LogP contribution in [0.25, 0.3) is 0 Å². The second-order valence-electron chi connectivity index (χ2n) is 2.93. The topological polar surface area (TPSA) is 12.0 Å². The maximum Gasteiger partial charge on any atom is 0.142 e. The molecule has 0 spiro atoms. The van der Waals surface area contributed by atoms with Crippen molar-refractivity contribution in [3.63, 3.8) is 0 Å². The number of rotatable bonds is 0. The van der Waals surface area contributed by atoms with Crippen LogP contribution in [0.5, 0.6) is 0 Å². The van der Waals surface area contributed by atoms with E-state index >= 15 is 0 Å². The van der Waals surface area contributed by atoms with Gasteiger partial charge in [-0.3, -0.25) is 0 Å². The summed E-state index contributed by atoms with van der Waals surface area (Å²) in [4.78, 5) is 0. The monoisotopic (exact) mass is 185 g/mol. The van der Waals surface area contributed by atoms with Gasteiger partial charge in [-0.25, -0.2) is 4.39 Å². The van der Waals surface area contributed by atoms with Gasteiger partial charge in [0.1, 0.15) is 5.82 Å². The van der Waals surface area contributed by atoms with Crippen molar-refractivity contribution in [1.29, 1.82) is 0 Å². The first-order chi connectivity index (χ1) is 5.79. The highest BCUT2D eigenvalue weighted by atomic mass is 35.5. The van der Waals surface area contributed by atoms with E-state index in [2.05, 4.69) is 5.32 Å². The zero-order valence-electron chi connectivity index (χ0n) is 6.53. The van der Waals surface area contributed by atoms with Crippen LogP contribution in [-0.2, 0) is 13.0 Å². The summed E-state index contributed by atoms with van der Waals surface area (Å²) in [5.41, 5.74) is 2.09. The average Bonchev–Trinajstić information content (AvgIpc) is 2.12. The molecule has 2 rings (SSSR count). The van der Waals surface area contributed by atoms with Crippen molar-refractivity contribution in [2.75, 3.05) is 6.54 Å². The largest absolute Gasteiger partial charge is 0.312 e. The second kappa shape index (κ2) is 3.04. The Balaban J connectivity index is 2.54. The Bertz CT molecular complexity index is 312. The van der Waals surface area contributed by atoms with Crippen LogP contribution in [-0.4, -0.2) is 6.54 Å². The van der Waals surface area contributed by atoms with Crippen molar-refractivity contribution in [3.8, 4) is 0 Å². The van der Waals surface area contributed by atoms with Gasteiger partial charge in [0.05, 0.1) is 5.02 Å². The minimum Gasteiger partial charge on any atom is -0.312 e. The summed E-state index contributed by atoms with van der Waals surface area (Å²) in [5, 5.41) is 3.51. The van der Waals surface area contributed by atoms with Gasteiger partial charge in [-0.15, -0.1) is 0 Å². The molecule has 0 bridgehead atoms. The Morgan fingerprint density at radius 3 is 3.08 bits per heavy atom. The quantitative estimate of drug-likeness (QED) is 0.653. The van der Waals surface area contributed by atoms with Gasteiger partial charge in [-0.05, 0) is 30.2 Å². The van der Waals surface area contributed by atoms with Crippen LogP contribution in [0.2, 0.25) is 5.02 Å². The van der Waals surface area contributed by atoms with Gasteiger partial charge in [-0.1, -0.05) is 17.7 Å². The SMILES string of the molecule is Fc1ccc2c(c1Cl)CCNC2. The molecular weight excluding hydrogens is 177 g/mol. The van der Waals surface area contributed by atoms with Crippen LogP contribution >= 0.6 is 11.6 Å². The highest BCUT2D eigenvalue weighted by molar-refractivity contribution is 6.31. The molecular formula is C9H9ClFN. The Hall–Kier alpha value is -0.600. The molecule has 64 valence electrons. The number of benzene rings is 1. The molecule has 0 aliphatic carbocycles. The molecule has 0 fully saturated rings. The van der Waals surface area contributed by atoms with E-state index in [1.165, 1.54) is 6.07 Å². The zero-order valence-corrected chi connectivity index (χ0v) is 7.29. The van der Waals surface area contributed by atoms with E-state index in [4.69, 9.17) is 11.6 Å². The molecule has 1 aliphatic heterocycles. The van der Waals surface area contributed by atoms with Gasteiger partial charge >= 0.3 is 0 Å². The highest BCUT2D eigenvalue weighted by Gasteiger charge is 2.14. The Morgan fingerprint density at radius 1 is 1.42 bits per heavy atom. The number of hydrogen-bond donors (Lipinski definition) is 1. The van der Waals surface area contributed by atoms with Crippen molar-refractivity contribution in [2.45, 2.75) is 13.0 Å². The third-order valence-electron chi connectivity index (χ3n) is 2.16. The third kappa shape index (κ3) is 1.21. The molecule has 12 heavy (non-hydrogen) atoms. The molecule has 0 unspecified atom stereocenters. The molecule has 1 aromatic rings. The molecule has 0 aromatic heterocycles. The summed E-state index contributed by atoms with van der Waals surface area (Å²) in [5.74, 6) is -0.308. The Kier molecular flexibility index (Phi) is 2.03. The van der Waals surface area contributed by atoms with Gasteiger partial charge < -0.3 is 5.32 Å². The van der Waals surface area contributed by atoms with Gasteiger partial charge in [0.2, 0.25) is 0 Å². The minimum atomic E-state index is -0.308. The molecule has 1 aliphatic rings. The maximum atomic E-state index is 13.0. The lowest BCUT2D eigenvalue weighted by molar-refractivity contribution is 0.606. The maximum absolute atomic E-state index is 13.0. The molecule has 3 heteroatoms. The van der Waals surface area contributed by atoms with Crippen LogP contribution in [0.15, 0.2) is 12.1 Å². The lowest BCUT2D eigenvalue weighted by atomic mass is 10.0. The van der Waals surface area contributed by atoms with Gasteiger partial charge in [0, 0.05) is 6.54 Å². The van der Waals surface area contributed by atoms with Gasteiger partial charge in [-0.2, -0.15) is 0 Å². The smallest absolute Gasteiger partial charge is 0.142 e. The molecule has 0 radical (unpaired) electrons. The summed E-state index contributed by atoms with van der Waals surface area (Å²) >= 11 is 5.81. The number of nitrogens with one attached hydrogen (secondary N) is 1. The molecule has 0 saturated heterocycles. The van der Waals surface area contributed by atoms with E-state index in [1.807, 2.05) is 0 Å². The van der Waals surface area contributed by atoms with E-state index in [9.17, 15) is 4.39 Å². The van der Waals surface area contributed by atoms with E-state index in [-0.39, 0.29) is 5.82 Å². The van der Waals surface area contributed by atoms with Gasteiger partial charge in [0.15, 0.2) is 0 Å². The van der Waals surface area contributed by atoms with Crippen LogP contribution in [0.4, 0.5) is 4.39 Å². The van der Waals surface area contributed by atoms with Crippen LogP contribution < -0.4 is 5.32 Å². The average molecular weight is 186 g/mol. The molecule has 1 heterocycles. The van der Waals surface area contributed by atoms with E-state index in [0.717, 1.165) is 30.6 Å². The third-order valence-corrected chi connectivity index (χ3v) is 2.57. The van der Waals surface area contributed by atoms with Crippen LogP contribution in [0, 0.1) is 5.82 Å². The summed E-state index contributed by atoms with van der Waals surface area (Å²) in [6.07, 6.45) is 0.825. The fourth-order valence-electron chi connectivity index (χ4n) is 1.50. The molecule has 1 nitrogen and oxygen atoms in total.